The van der Waals surface area contributed by atoms with Crippen molar-refractivity contribution in [2.24, 2.45) is 0 Å². The number of hydrogen-bond acceptors (Lipinski definition) is 3. The molecule has 0 unspecified atom stereocenters. The van der Waals surface area contributed by atoms with Gasteiger partial charge >= 0.3 is 0 Å². The minimum atomic E-state index is 0.0785. The normalized spacial score (nSPS) is 20.2. The monoisotopic (exact) mass is 312 g/mol. The van der Waals surface area contributed by atoms with Gasteiger partial charge in [0.2, 0.25) is 0 Å². The van der Waals surface area contributed by atoms with Gasteiger partial charge in [-0.05, 0) is 38.6 Å². The molecule has 0 amide bonds. The topological polar surface area (TPSA) is 26.7 Å². The fourth-order valence-electron chi connectivity index (χ4n) is 2.32. The molecule has 1 heterocycles. The number of rotatable bonds is 2. The van der Waals surface area contributed by atoms with E-state index in [9.17, 15) is 5.11 Å². The summed E-state index contributed by atoms with van der Waals surface area (Å²) in [4.78, 5) is 4.81. The second kappa shape index (κ2) is 5.19. The molecule has 1 saturated heterocycles. The van der Waals surface area contributed by atoms with E-state index in [-0.39, 0.29) is 12.1 Å². The van der Waals surface area contributed by atoms with Crippen LogP contribution in [0.1, 0.15) is 19.4 Å². The minimum Gasteiger partial charge on any atom is -0.392 e. The molecule has 1 fully saturated rings. The summed E-state index contributed by atoms with van der Waals surface area (Å²) in [6.07, 6.45) is 0. The predicted molar refractivity (Wildman–Crippen MR) is 79.0 cm³/mol. The van der Waals surface area contributed by atoms with Gasteiger partial charge in [0.1, 0.15) is 0 Å². The van der Waals surface area contributed by atoms with Crippen LogP contribution >= 0.6 is 15.9 Å². The Bertz CT molecular complexity index is 434. The SMILES string of the molecule is CN1CCN(c2ccc(CO)c(Br)c2)CC1(C)C. The lowest BCUT2D eigenvalue weighted by Gasteiger charge is -2.46. The Kier molecular flexibility index (Phi) is 3.99. The van der Waals surface area contributed by atoms with Gasteiger partial charge in [-0.15, -0.1) is 0 Å². The Hall–Kier alpha value is -0.580. The number of nitrogens with zero attached hydrogens (tertiary/aromatic N) is 2. The van der Waals surface area contributed by atoms with Crippen LogP contribution in [0.5, 0.6) is 0 Å². The summed E-state index contributed by atoms with van der Waals surface area (Å²) in [5, 5.41) is 9.19. The van der Waals surface area contributed by atoms with Crippen LogP contribution in [0.4, 0.5) is 5.69 Å². The van der Waals surface area contributed by atoms with Crippen molar-refractivity contribution in [2.75, 3.05) is 31.6 Å². The number of halogens is 1. The number of benzene rings is 1. The Morgan fingerprint density at radius 3 is 2.61 bits per heavy atom. The first-order chi connectivity index (χ1) is 8.44. The molecule has 0 saturated carbocycles. The molecule has 1 aromatic rings. The van der Waals surface area contributed by atoms with Crippen LogP contribution < -0.4 is 4.90 Å². The molecule has 1 aliphatic rings. The lowest BCUT2D eigenvalue weighted by molar-refractivity contribution is 0.139. The van der Waals surface area contributed by atoms with Crippen LogP contribution in [-0.2, 0) is 6.61 Å². The molecule has 0 radical (unpaired) electrons. The summed E-state index contributed by atoms with van der Waals surface area (Å²) in [5.74, 6) is 0. The van der Waals surface area contributed by atoms with Crippen LogP contribution in [0.15, 0.2) is 22.7 Å². The van der Waals surface area contributed by atoms with Crippen LogP contribution in [0.3, 0.4) is 0 Å². The van der Waals surface area contributed by atoms with E-state index in [0.29, 0.717) is 0 Å². The molecule has 1 aliphatic heterocycles. The van der Waals surface area contributed by atoms with E-state index in [1.54, 1.807) is 0 Å². The van der Waals surface area contributed by atoms with Crippen molar-refractivity contribution in [3.8, 4) is 0 Å². The third-order valence-corrected chi connectivity index (χ3v) is 4.63. The molecule has 0 aliphatic carbocycles. The maximum atomic E-state index is 9.19. The quantitative estimate of drug-likeness (QED) is 0.909. The average Bonchev–Trinajstić information content (AvgIpc) is 2.32. The molecule has 2 rings (SSSR count). The maximum Gasteiger partial charge on any atom is 0.0692 e. The van der Waals surface area contributed by atoms with Crippen molar-refractivity contribution in [3.05, 3.63) is 28.2 Å². The zero-order chi connectivity index (χ0) is 13.3. The third kappa shape index (κ3) is 2.71. The molecule has 0 atom stereocenters. The van der Waals surface area contributed by atoms with E-state index >= 15 is 0 Å². The first-order valence-electron chi connectivity index (χ1n) is 6.29. The van der Waals surface area contributed by atoms with Crippen molar-refractivity contribution in [2.45, 2.75) is 26.0 Å². The maximum absolute atomic E-state index is 9.19. The van der Waals surface area contributed by atoms with Crippen LogP contribution in [-0.4, -0.2) is 42.2 Å². The molecule has 18 heavy (non-hydrogen) atoms. The Balaban J connectivity index is 2.20. The van der Waals surface area contributed by atoms with Gasteiger partial charge in [0.25, 0.3) is 0 Å². The van der Waals surface area contributed by atoms with E-state index in [2.05, 4.69) is 58.8 Å². The first-order valence-corrected chi connectivity index (χ1v) is 7.09. The molecular formula is C14H21BrN2O. The van der Waals surface area contributed by atoms with Crippen molar-refractivity contribution in [1.82, 2.24) is 4.90 Å². The second-order valence-electron chi connectivity index (χ2n) is 5.59. The summed E-state index contributed by atoms with van der Waals surface area (Å²) in [5.41, 5.74) is 2.35. The van der Waals surface area contributed by atoms with E-state index in [1.807, 2.05) is 6.07 Å². The molecule has 100 valence electrons. The summed E-state index contributed by atoms with van der Waals surface area (Å²) in [6, 6.07) is 6.19. The molecule has 0 spiro atoms. The third-order valence-electron chi connectivity index (χ3n) is 3.89. The number of aliphatic hydroxyl groups is 1. The van der Waals surface area contributed by atoms with Crippen molar-refractivity contribution in [3.63, 3.8) is 0 Å². The number of anilines is 1. The van der Waals surface area contributed by atoms with Crippen molar-refractivity contribution >= 4 is 21.6 Å². The molecule has 0 bridgehead atoms. The fourth-order valence-corrected chi connectivity index (χ4v) is 2.81. The minimum absolute atomic E-state index is 0.0785. The van der Waals surface area contributed by atoms with Crippen LogP contribution in [0.25, 0.3) is 0 Å². The van der Waals surface area contributed by atoms with Crippen LogP contribution in [0.2, 0.25) is 0 Å². The summed E-state index contributed by atoms with van der Waals surface area (Å²) < 4.78 is 0.985. The largest absolute Gasteiger partial charge is 0.392 e. The molecule has 1 N–H and O–H groups in total. The summed E-state index contributed by atoms with van der Waals surface area (Å²) >= 11 is 3.52. The second-order valence-corrected chi connectivity index (χ2v) is 6.44. The van der Waals surface area contributed by atoms with Crippen molar-refractivity contribution < 1.29 is 5.11 Å². The van der Waals surface area contributed by atoms with Gasteiger partial charge < -0.3 is 10.0 Å². The molecule has 3 nitrogen and oxygen atoms in total. The number of likely N-dealkylation sites (N-methyl/N-ethyl adjacent to an activating group) is 1. The molecule has 4 heteroatoms. The first kappa shape index (κ1) is 13.8. The standard InChI is InChI=1S/C14H21BrN2O/c1-14(2)10-17(7-6-16(14)3)12-5-4-11(9-18)13(15)8-12/h4-5,8,18H,6-7,9-10H2,1-3H3. The number of piperazine rings is 1. The highest BCUT2D eigenvalue weighted by Gasteiger charge is 2.31. The Labute approximate surface area is 118 Å². The highest BCUT2D eigenvalue weighted by atomic mass is 79.9. The lowest BCUT2D eigenvalue weighted by atomic mass is 9.99. The molecule has 0 aromatic heterocycles. The van der Waals surface area contributed by atoms with Gasteiger partial charge in [-0.3, -0.25) is 4.90 Å². The van der Waals surface area contributed by atoms with E-state index < -0.39 is 0 Å². The van der Waals surface area contributed by atoms with E-state index in [1.165, 1.54) is 5.69 Å². The average molecular weight is 313 g/mol. The van der Waals surface area contributed by atoms with Gasteiger partial charge in [0, 0.05) is 35.3 Å². The smallest absolute Gasteiger partial charge is 0.0692 e. The van der Waals surface area contributed by atoms with Gasteiger partial charge in [0.05, 0.1) is 6.61 Å². The molecular weight excluding hydrogens is 292 g/mol. The summed E-state index contributed by atoms with van der Waals surface area (Å²) in [6.45, 7) is 7.77. The van der Waals surface area contributed by atoms with Gasteiger partial charge in [-0.2, -0.15) is 0 Å². The fraction of sp³-hybridized carbons (Fsp3) is 0.571. The zero-order valence-electron chi connectivity index (χ0n) is 11.3. The van der Waals surface area contributed by atoms with E-state index in [0.717, 1.165) is 29.7 Å². The highest BCUT2D eigenvalue weighted by molar-refractivity contribution is 9.10. The van der Waals surface area contributed by atoms with E-state index in [4.69, 9.17) is 0 Å². The highest BCUT2D eigenvalue weighted by Crippen LogP contribution is 2.28. The summed E-state index contributed by atoms with van der Waals surface area (Å²) in [7, 11) is 2.18. The Morgan fingerprint density at radius 1 is 1.33 bits per heavy atom. The zero-order valence-corrected chi connectivity index (χ0v) is 12.9. The number of aliphatic hydroxyl groups excluding tert-OH is 1. The number of hydrogen-bond donors (Lipinski definition) is 1. The van der Waals surface area contributed by atoms with Gasteiger partial charge in [0.15, 0.2) is 0 Å². The lowest BCUT2D eigenvalue weighted by Crippen LogP contribution is -2.57. The van der Waals surface area contributed by atoms with Gasteiger partial charge in [-0.1, -0.05) is 22.0 Å². The van der Waals surface area contributed by atoms with Crippen LogP contribution in [0, 0.1) is 0 Å². The Morgan fingerprint density at radius 2 is 2.06 bits per heavy atom. The molecule has 1 aromatic carbocycles. The predicted octanol–water partition coefficient (Wildman–Crippen LogP) is 2.47. The van der Waals surface area contributed by atoms with Gasteiger partial charge in [-0.25, -0.2) is 0 Å². The van der Waals surface area contributed by atoms with Crippen molar-refractivity contribution in [1.29, 1.82) is 0 Å².